The van der Waals surface area contributed by atoms with Gasteiger partial charge in [-0.3, -0.25) is 0 Å². The predicted molar refractivity (Wildman–Crippen MR) is 81.6 cm³/mol. The van der Waals surface area contributed by atoms with Gasteiger partial charge in [0.25, 0.3) is 0 Å². The number of piperazine rings is 1. The van der Waals surface area contributed by atoms with Gasteiger partial charge >= 0.3 is 0 Å². The molecule has 0 bridgehead atoms. The molecule has 1 saturated heterocycles. The first kappa shape index (κ1) is 13.7. The molecular formula is C16H18FN3O. The lowest BCUT2D eigenvalue weighted by Crippen LogP contribution is -2.46. The molecule has 1 fully saturated rings. The van der Waals surface area contributed by atoms with Crippen molar-refractivity contribution >= 4 is 11.5 Å². The number of anilines is 2. The standard InChI is InChI=1S/C16H18FN3O/c1-21-16-4-2-3-15(18-16)20-11-9-19(10-12-20)14-7-5-13(17)6-8-14/h2-8H,9-12H2,1H3. The average molecular weight is 287 g/mol. The van der Waals surface area contributed by atoms with Crippen molar-refractivity contribution in [3.63, 3.8) is 0 Å². The minimum absolute atomic E-state index is 0.196. The lowest BCUT2D eigenvalue weighted by molar-refractivity contribution is 0.397. The molecule has 1 aliphatic rings. The highest BCUT2D eigenvalue weighted by molar-refractivity contribution is 5.49. The molecule has 1 aliphatic heterocycles. The molecule has 2 aromatic rings. The minimum Gasteiger partial charge on any atom is -0.481 e. The third-order valence-electron chi connectivity index (χ3n) is 3.71. The molecule has 110 valence electrons. The van der Waals surface area contributed by atoms with Gasteiger partial charge in [0.05, 0.1) is 7.11 Å². The summed E-state index contributed by atoms with van der Waals surface area (Å²) in [6, 6.07) is 12.5. The Kier molecular flexibility index (Phi) is 3.90. The smallest absolute Gasteiger partial charge is 0.214 e. The molecular weight excluding hydrogens is 269 g/mol. The van der Waals surface area contributed by atoms with Crippen molar-refractivity contribution in [2.24, 2.45) is 0 Å². The summed E-state index contributed by atoms with van der Waals surface area (Å²) in [5.41, 5.74) is 1.06. The van der Waals surface area contributed by atoms with Gasteiger partial charge in [0, 0.05) is 37.9 Å². The van der Waals surface area contributed by atoms with Crippen molar-refractivity contribution in [1.82, 2.24) is 4.98 Å². The van der Waals surface area contributed by atoms with Gasteiger partial charge in [-0.05, 0) is 30.3 Å². The topological polar surface area (TPSA) is 28.6 Å². The van der Waals surface area contributed by atoms with E-state index >= 15 is 0 Å². The average Bonchev–Trinajstić information content (AvgIpc) is 2.56. The van der Waals surface area contributed by atoms with Crippen LogP contribution in [0.5, 0.6) is 5.88 Å². The second kappa shape index (κ2) is 5.99. The highest BCUT2D eigenvalue weighted by Crippen LogP contribution is 2.21. The molecule has 2 heterocycles. The van der Waals surface area contributed by atoms with Gasteiger partial charge in [0.2, 0.25) is 5.88 Å². The van der Waals surface area contributed by atoms with Gasteiger partial charge in [0.1, 0.15) is 11.6 Å². The molecule has 0 unspecified atom stereocenters. The Hall–Kier alpha value is -2.30. The largest absolute Gasteiger partial charge is 0.481 e. The molecule has 0 aliphatic carbocycles. The molecule has 1 aromatic heterocycles. The summed E-state index contributed by atoms with van der Waals surface area (Å²) >= 11 is 0. The number of ether oxygens (including phenoxy) is 1. The number of hydrogen-bond acceptors (Lipinski definition) is 4. The number of pyridine rings is 1. The van der Waals surface area contributed by atoms with Crippen molar-refractivity contribution in [2.75, 3.05) is 43.1 Å². The van der Waals surface area contributed by atoms with E-state index in [-0.39, 0.29) is 5.82 Å². The third kappa shape index (κ3) is 3.07. The summed E-state index contributed by atoms with van der Waals surface area (Å²) < 4.78 is 18.1. The number of benzene rings is 1. The highest BCUT2D eigenvalue weighted by atomic mass is 19.1. The van der Waals surface area contributed by atoms with Crippen molar-refractivity contribution in [2.45, 2.75) is 0 Å². The van der Waals surface area contributed by atoms with E-state index in [1.54, 1.807) is 7.11 Å². The van der Waals surface area contributed by atoms with Crippen LogP contribution in [0.3, 0.4) is 0 Å². The SMILES string of the molecule is COc1cccc(N2CCN(c3ccc(F)cc3)CC2)n1. The second-order valence-electron chi connectivity index (χ2n) is 4.99. The van der Waals surface area contributed by atoms with E-state index in [1.165, 1.54) is 12.1 Å². The quantitative estimate of drug-likeness (QED) is 0.867. The Balaban J connectivity index is 1.65. The maximum atomic E-state index is 13.0. The van der Waals surface area contributed by atoms with Gasteiger partial charge in [-0.1, -0.05) is 6.07 Å². The van der Waals surface area contributed by atoms with Crippen LogP contribution in [0.2, 0.25) is 0 Å². The molecule has 0 amide bonds. The lowest BCUT2D eigenvalue weighted by Gasteiger charge is -2.36. The van der Waals surface area contributed by atoms with Crippen LogP contribution in [0.4, 0.5) is 15.9 Å². The molecule has 5 heteroatoms. The van der Waals surface area contributed by atoms with E-state index in [4.69, 9.17) is 4.74 Å². The van der Waals surface area contributed by atoms with E-state index in [1.807, 2.05) is 30.3 Å². The van der Waals surface area contributed by atoms with Crippen LogP contribution in [-0.2, 0) is 0 Å². The summed E-state index contributed by atoms with van der Waals surface area (Å²) in [6.45, 7) is 3.56. The summed E-state index contributed by atoms with van der Waals surface area (Å²) in [5.74, 6) is 1.37. The van der Waals surface area contributed by atoms with Crippen molar-refractivity contribution in [1.29, 1.82) is 0 Å². The van der Waals surface area contributed by atoms with Crippen LogP contribution in [0.1, 0.15) is 0 Å². The number of methoxy groups -OCH3 is 1. The van der Waals surface area contributed by atoms with Crippen molar-refractivity contribution in [3.8, 4) is 5.88 Å². The summed E-state index contributed by atoms with van der Waals surface area (Å²) in [4.78, 5) is 8.96. The van der Waals surface area contributed by atoms with E-state index in [9.17, 15) is 4.39 Å². The maximum Gasteiger partial charge on any atom is 0.214 e. The fourth-order valence-corrected chi connectivity index (χ4v) is 2.54. The van der Waals surface area contributed by atoms with E-state index in [2.05, 4.69) is 14.8 Å². The molecule has 4 nitrogen and oxygen atoms in total. The number of aromatic nitrogens is 1. The monoisotopic (exact) mass is 287 g/mol. The first-order valence-corrected chi connectivity index (χ1v) is 7.03. The number of hydrogen-bond donors (Lipinski definition) is 0. The van der Waals surface area contributed by atoms with Crippen LogP contribution in [0.25, 0.3) is 0 Å². The molecule has 21 heavy (non-hydrogen) atoms. The van der Waals surface area contributed by atoms with E-state index in [0.29, 0.717) is 5.88 Å². The first-order valence-electron chi connectivity index (χ1n) is 7.03. The third-order valence-corrected chi connectivity index (χ3v) is 3.71. The summed E-state index contributed by atoms with van der Waals surface area (Å²) in [5, 5.41) is 0. The van der Waals surface area contributed by atoms with Gasteiger partial charge < -0.3 is 14.5 Å². The second-order valence-corrected chi connectivity index (χ2v) is 4.99. The Morgan fingerprint density at radius 3 is 2.29 bits per heavy atom. The number of nitrogens with zero attached hydrogens (tertiary/aromatic N) is 3. The minimum atomic E-state index is -0.196. The Bertz CT molecular complexity index is 595. The first-order chi connectivity index (χ1) is 10.3. The molecule has 1 aromatic carbocycles. The van der Waals surface area contributed by atoms with Crippen molar-refractivity contribution in [3.05, 3.63) is 48.3 Å². The van der Waals surface area contributed by atoms with Crippen LogP contribution in [0.15, 0.2) is 42.5 Å². The normalized spacial score (nSPS) is 15.1. The number of halogens is 1. The Morgan fingerprint density at radius 2 is 1.62 bits per heavy atom. The Morgan fingerprint density at radius 1 is 0.952 bits per heavy atom. The molecule has 0 N–H and O–H groups in total. The zero-order valence-electron chi connectivity index (χ0n) is 12.0. The Labute approximate surface area is 123 Å². The zero-order valence-corrected chi connectivity index (χ0v) is 12.0. The van der Waals surface area contributed by atoms with Gasteiger partial charge in [-0.2, -0.15) is 4.98 Å². The summed E-state index contributed by atoms with van der Waals surface area (Å²) in [7, 11) is 1.62. The maximum absolute atomic E-state index is 13.0. The fourth-order valence-electron chi connectivity index (χ4n) is 2.54. The van der Waals surface area contributed by atoms with Crippen LogP contribution in [0, 0.1) is 5.82 Å². The molecule has 0 saturated carbocycles. The van der Waals surface area contributed by atoms with Gasteiger partial charge in [-0.15, -0.1) is 0 Å². The van der Waals surface area contributed by atoms with E-state index < -0.39 is 0 Å². The highest BCUT2D eigenvalue weighted by Gasteiger charge is 2.18. The fraction of sp³-hybridized carbons (Fsp3) is 0.312. The van der Waals surface area contributed by atoms with Gasteiger partial charge in [0.15, 0.2) is 0 Å². The molecule has 0 radical (unpaired) electrons. The molecule has 3 rings (SSSR count). The molecule has 0 atom stereocenters. The van der Waals surface area contributed by atoms with Crippen molar-refractivity contribution < 1.29 is 9.13 Å². The van der Waals surface area contributed by atoms with Crippen LogP contribution >= 0.6 is 0 Å². The predicted octanol–water partition coefficient (Wildman–Crippen LogP) is 2.56. The lowest BCUT2D eigenvalue weighted by atomic mass is 10.2. The van der Waals surface area contributed by atoms with Gasteiger partial charge in [-0.25, -0.2) is 4.39 Å². The van der Waals surface area contributed by atoms with Crippen LogP contribution < -0.4 is 14.5 Å². The summed E-state index contributed by atoms with van der Waals surface area (Å²) in [6.07, 6.45) is 0. The zero-order chi connectivity index (χ0) is 14.7. The number of rotatable bonds is 3. The van der Waals surface area contributed by atoms with Crippen LogP contribution in [-0.4, -0.2) is 38.3 Å². The van der Waals surface area contributed by atoms with E-state index in [0.717, 1.165) is 37.7 Å². The molecule has 0 spiro atoms.